The Morgan fingerprint density at radius 1 is 1.11 bits per heavy atom. The van der Waals surface area contributed by atoms with Crippen molar-refractivity contribution >= 4 is 21.8 Å². The van der Waals surface area contributed by atoms with Crippen molar-refractivity contribution in [3.8, 4) is 22.5 Å². The van der Waals surface area contributed by atoms with Crippen molar-refractivity contribution in [3.05, 3.63) is 59.6 Å². The number of rotatable bonds is 2. The molecule has 3 N–H and O–H groups in total. The van der Waals surface area contributed by atoms with Crippen LogP contribution in [0, 0.1) is 20.8 Å². The number of hydrogen-bond acceptors (Lipinski definition) is 5. The van der Waals surface area contributed by atoms with Crippen LogP contribution in [0.15, 0.2) is 47.3 Å². The zero-order valence-electron chi connectivity index (χ0n) is 15.2. The zero-order chi connectivity index (χ0) is 19.6. The van der Waals surface area contributed by atoms with E-state index in [9.17, 15) is 0 Å². The van der Waals surface area contributed by atoms with E-state index in [1.807, 2.05) is 6.07 Å². The second-order valence-corrected chi connectivity index (χ2v) is 6.74. The average molecular weight is 384 g/mol. The van der Waals surface area contributed by atoms with Crippen LogP contribution in [-0.4, -0.2) is 23.5 Å². The minimum atomic E-state index is -2.62. The number of aryl methyl sites for hydroxylation is 2. The molecule has 4 aromatic rings. The van der Waals surface area contributed by atoms with Gasteiger partial charge in [0, 0.05) is 27.7 Å². The molecule has 7 nitrogen and oxygen atoms in total. The number of aromatic nitrogens is 3. The quantitative estimate of drug-likeness (QED) is 0.459. The molecule has 2 aromatic heterocycles. The van der Waals surface area contributed by atoms with E-state index in [-0.39, 0.29) is 0 Å². The van der Waals surface area contributed by atoms with Crippen LogP contribution in [-0.2, 0) is 10.9 Å². The van der Waals surface area contributed by atoms with Crippen LogP contribution in [0.4, 0.5) is 0 Å². The summed E-state index contributed by atoms with van der Waals surface area (Å²) in [6.45, 7) is 6.44. The molecule has 0 atom stereocenters. The molecule has 8 heteroatoms. The molecule has 0 saturated heterocycles. The summed E-state index contributed by atoms with van der Waals surface area (Å²) in [5.41, 5.74) is 8.35. The molecule has 0 aliphatic rings. The van der Waals surface area contributed by atoms with Gasteiger partial charge < -0.3 is 9.51 Å². The maximum absolute atomic E-state index is 8.81. The van der Waals surface area contributed by atoms with Crippen molar-refractivity contribution in [1.29, 1.82) is 0 Å². The van der Waals surface area contributed by atoms with Crippen LogP contribution >= 0.6 is 0 Å². The maximum atomic E-state index is 8.81. The fourth-order valence-electron chi connectivity index (χ4n) is 3.13. The maximum Gasteiger partial charge on any atom is 0.214 e. The molecule has 0 amide bonds. The number of thiol groups is 1. The molecule has 0 saturated carbocycles. The Bertz CT molecular complexity index is 1150. The predicted octanol–water partition coefficient (Wildman–Crippen LogP) is 3.28. The van der Waals surface area contributed by atoms with Crippen molar-refractivity contribution in [3.63, 3.8) is 0 Å². The van der Waals surface area contributed by atoms with E-state index in [1.165, 1.54) is 39.7 Å². The average Bonchev–Trinajstić information content (AvgIpc) is 3.24. The second kappa shape index (κ2) is 7.73. The lowest BCUT2D eigenvalue weighted by Crippen LogP contribution is -1.88. The van der Waals surface area contributed by atoms with E-state index in [1.54, 1.807) is 0 Å². The Kier molecular flexibility index (Phi) is 5.38. The lowest BCUT2D eigenvalue weighted by Gasteiger charge is -2.09. The van der Waals surface area contributed by atoms with Crippen molar-refractivity contribution in [2.75, 3.05) is 0 Å². The highest BCUT2D eigenvalue weighted by molar-refractivity contribution is 7.69. The van der Waals surface area contributed by atoms with Gasteiger partial charge >= 0.3 is 0 Å². The van der Waals surface area contributed by atoms with Gasteiger partial charge in [-0.1, -0.05) is 23.4 Å². The topological polar surface area (TPSA) is 115 Å². The summed E-state index contributed by atoms with van der Waals surface area (Å²) in [7, 11) is -2.62. The third-order valence-corrected chi connectivity index (χ3v) is 4.48. The normalized spacial score (nSPS) is 10.9. The minimum absolute atomic E-state index is 0.609. The van der Waals surface area contributed by atoms with Crippen molar-refractivity contribution in [2.45, 2.75) is 20.8 Å². The first-order chi connectivity index (χ1) is 12.9. The van der Waals surface area contributed by atoms with E-state index >= 15 is 0 Å². The first-order valence-corrected chi connectivity index (χ1v) is 9.48. The summed E-state index contributed by atoms with van der Waals surface area (Å²) >= 11 is 0. The summed E-state index contributed by atoms with van der Waals surface area (Å²) in [4.78, 5) is 7.63. The molecule has 2 heterocycles. The predicted molar refractivity (Wildman–Crippen MR) is 106 cm³/mol. The molecule has 4 rings (SSSR count). The van der Waals surface area contributed by atoms with Gasteiger partial charge in [0.05, 0.1) is 0 Å². The molecule has 0 aliphatic carbocycles. The Morgan fingerprint density at radius 3 is 2.52 bits per heavy atom. The monoisotopic (exact) mass is 384 g/mol. The van der Waals surface area contributed by atoms with Gasteiger partial charge in [-0.2, -0.15) is 4.98 Å². The third-order valence-electron chi connectivity index (χ3n) is 4.48. The number of hydrogen-bond donors (Lipinski definition) is 3. The first-order valence-electron chi connectivity index (χ1n) is 8.23. The van der Waals surface area contributed by atoms with E-state index < -0.39 is 10.9 Å². The standard InChI is InChI=1S/C19H17N3O.H3NO2S/c1-11-5-4-6-15(12(11)2)18-13(3)21-17-8-7-14(9-16(17)18)19-20-10-23-22-19;1-4(2)3/h4-10,21H,1-3H3;4H,(H2,1,2,3). The van der Waals surface area contributed by atoms with E-state index in [2.05, 4.69) is 71.4 Å². The van der Waals surface area contributed by atoms with Crippen LogP contribution in [0.25, 0.3) is 33.4 Å². The van der Waals surface area contributed by atoms with Gasteiger partial charge in [0.1, 0.15) is 0 Å². The van der Waals surface area contributed by atoms with Gasteiger partial charge in [0.15, 0.2) is 10.9 Å². The fraction of sp³-hybridized carbons (Fsp3) is 0.158. The highest BCUT2D eigenvalue weighted by Crippen LogP contribution is 2.36. The lowest BCUT2D eigenvalue weighted by molar-refractivity contribution is 0.419. The molecule has 0 aliphatic heterocycles. The minimum Gasteiger partial charge on any atom is -0.358 e. The molecule has 0 bridgehead atoms. The van der Waals surface area contributed by atoms with Crippen molar-refractivity contribution in [1.82, 2.24) is 15.1 Å². The Morgan fingerprint density at radius 2 is 1.85 bits per heavy atom. The summed E-state index contributed by atoms with van der Waals surface area (Å²) in [6, 6.07) is 12.6. The highest BCUT2D eigenvalue weighted by Gasteiger charge is 2.15. The number of H-pyrrole nitrogens is 1. The fourth-order valence-corrected chi connectivity index (χ4v) is 3.13. The van der Waals surface area contributed by atoms with Crippen molar-refractivity contribution in [2.24, 2.45) is 5.14 Å². The smallest absolute Gasteiger partial charge is 0.214 e. The van der Waals surface area contributed by atoms with Crippen LogP contribution in [0.5, 0.6) is 0 Å². The van der Waals surface area contributed by atoms with Crippen LogP contribution in [0.3, 0.4) is 0 Å². The van der Waals surface area contributed by atoms with Crippen LogP contribution < -0.4 is 5.14 Å². The molecule has 0 spiro atoms. The summed E-state index contributed by atoms with van der Waals surface area (Å²) < 4.78 is 22.5. The Hall–Kier alpha value is -2.97. The van der Waals surface area contributed by atoms with E-state index in [0.29, 0.717) is 5.82 Å². The molecule has 27 heavy (non-hydrogen) atoms. The van der Waals surface area contributed by atoms with E-state index in [4.69, 9.17) is 12.9 Å². The number of nitrogens with two attached hydrogens (primary N) is 1. The number of nitrogens with zero attached hydrogens (tertiary/aromatic N) is 2. The molecule has 0 radical (unpaired) electrons. The molecule has 2 aromatic carbocycles. The van der Waals surface area contributed by atoms with Gasteiger partial charge in [-0.15, -0.1) is 0 Å². The number of benzene rings is 2. The highest BCUT2D eigenvalue weighted by atomic mass is 32.2. The number of nitrogens with one attached hydrogen (secondary N) is 1. The van der Waals surface area contributed by atoms with E-state index in [0.717, 1.165) is 11.1 Å². The summed E-state index contributed by atoms with van der Waals surface area (Å²) in [6.07, 6.45) is 1.35. The van der Waals surface area contributed by atoms with Gasteiger partial charge in [0.25, 0.3) is 0 Å². The lowest BCUT2D eigenvalue weighted by atomic mass is 9.94. The Balaban J connectivity index is 0.000000481. The Labute approximate surface area is 158 Å². The zero-order valence-corrected chi connectivity index (χ0v) is 16.1. The molecule has 0 fully saturated rings. The first kappa shape index (κ1) is 18.8. The largest absolute Gasteiger partial charge is 0.358 e. The molecular formula is C19H20N4O3S. The molecule has 140 valence electrons. The molecular weight excluding hydrogens is 364 g/mol. The van der Waals surface area contributed by atoms with Gasteiger partial charge in [-0.3, -0.25) is 0 Å². The van der Waals surface area contributed by atoms with Gasteiger partial charge in [0.2, 0.25) is 12.2 Å². The summed E-state index contributed by atoms with van der Waals surface area (Å²) in [5.74, 6) is 0.609. The number of fused-ring (bicyclic) bond motifs is 1. The van der Waals surface area contributed by atoms with Crippen LogP contribution in [0.2, 0.25) is 0 Å². The van der Waals surface area contributed by atoms with Crippen LogP contribution in [0.1, 0.15) is 16.8 Å². The second-order valence-electron chi connectivity index (χ2n) is 6.17. The van der Waals surface area contributed by atoms with Gasteiger partial charge in [-0.25, -0.2) is 13.6 Å². The number of aromatic amines is 1. The third kappa shape index (κ3) is 3.91. The SMILES string of the molecule is Cc1cccc(-c2c(C)[nH]c3ccc(-c4ncon4)cc23)c1C.N[SH](=O)=O. The summed E-state index contributed by atoms with van der Waals surface area (Å²) in [5, 5.41) is 9.18. The molecule has 0 unspecified atom stereocenters. The van der Waals surface area contributed by atoms with Crippen molar-refractivity contribution < 1.29 is 12.9 Å². The van der Waals surface area contributed by atoms with Gasteiger partial charge in [-0.05, 0) is 55.7 Å².